The number of urea groups is 1. The fourth-order valence-electron chi connectivity index (χ4n) is 1.14. The van der Waals surface area contributed by atoms with Gasteiger partial charge in [0.2, 0.25) is 0 Å². The average molecular weight is 244 g/mol. The van der Waals surface area contributed by atoms with Crippen molar-refractivity contribution in [3.8, 4) is 0 Å². The Morgan fingerprint density at radius 2 is 1.81 bits per heavy atom. The highest BCUT2D eigenvalue weighted by atomic mass is 35.5. The Balaban J connectivity index is 0.00000225. The van der Waals surface area contributed by atoms with Crippen LogP contribution in [0.15, 0.2) is 30.3 Å². The van der Waals surface area contributed by atoms with E-state index in [9.17, 15) is 4.79 Å². The minimum absolute atomic E-state index is 0. The zero-order valence-corrected chi connectivity index (χ0v) is 10.1. The Hall–Kier alpha value is -1.26. The number of likely N-dealkylation sites (N-methyl/N-ethyl adjacent to an activating group) is 1. The van der Waals surface area contributed by atoms with Crippen molar-refractivity contribution in [2.75, 3.05) is 20.1 Å². The molecule has 0 heterocycles. The van der Waals surface area contributed by atoms with Crippen LogP contribution in [0.25, 0.3) is 0 Å². The summed E-state index contributed by atoms with van der Waals surface area (Å²) in [6.07, 6.45) is 0. The maximum Gasteiger partial charge on any atom is 0.315 e. The van der Waals surface area contributed by atoms with E-state index in [1.807, 2.05) is 37.4 Å². The third-order valence-corrected chi connectivity index (χ3v) is 1.96. The predicted molar refractivity (Wildman–Crippen MR) is 67.9 cm³/mol. The number of hydrogen-bond donors (Lipinski definition) is 3. The number of rotatable bonds is 5. The molecule has 0 fully saturated rings. The molecule has 0 aliphatic rings. The maximum absolute atomic E-state index is 11.2. The molecular formula is C11H18ClN3O. The van der Waals surface area contributed by atoms with Crippen LogP contribution in [-0.2, 0) is 6.54 Å². The normalized spacial score (nSPS) is 9.06. The van der Waals surface area contributed by atoms with Gasteiger partial charge in [-0.3, -0.25) is 0 Å². The summed E-state index contributed by atoms with van der Waals surface area (Å²) in [7, 11) is 1.85. The van der Waals surface area contributed by atoms with Crippen molar-refractivity contribution in [1.29, 1.82) is 0 Å². The molecule has 0 unspecified atom stereocenters. The van der Waals surface area contributed by atoms with Gasteiger partial charge in [0, 0.05) is 19.6 Å². The summed E-state index contributed by atoms with van der Waals surface area (Å²) in [4.78, 5) is 11.2. The van der Waals surface area contributed by atoms with Crippen molar-refractivity contribution in [3.63, 3.8) is 0 Å². The minimum atomic E-state index is -0.130. The SMILES string of the molecule is CNCCNC(=O)NCc1ccccc1.Cl. The van der Waals surface area contributed by atoms with Gasteiger partial charge in [0.15, 0.2) is 0 Å². The third kappa shape index (κ3) is 6.27. The maximum atomic E-state index is 11.2. The summed E-state index contributed by atoms with van der Waals surface area (Å²) in [5, 5.41) is 8.48. The molecule has 0 saturated carbocycles. The van der Waals surface area contributed by atoms with Crippen LogP contribution in [0, 0.1) is 0 Å². The van der Waals surface area contributed by atoms with Gasteiger partial charge >= 0.3 is 6.03 Å². The highest BCUT2D eigenvalue weighted by Crippen LogP contribution is 1.96. The molecule has 1 aromatic carbocycles. The zero-order valence-electron chi connectivity index (χ0n) is 9.32. The van der Waals surface area contributed by atoms with E-state index in [2.05, 4.69) is 16.0 Å². The number of amides is 2. The van der Waals surface area contributed by atoms with E-state index in [-0.39, 0.29) is 18.4 Å². The molecule has 4 nitrogen and oxygen atoms in total. The largest absolute Gasteiger partial charge is 0.337 e. The first-order valence-corrected chi connectivity index (χ1v) is 5.03. The quantitative estimate of drug-likeness (QED) is 0.679. The molecule has 0 aliphatic carbocycles. The standard InChI is InChI=1S/C11H17N3O.ClH/c1-12-7-8-13-11(15)14-9-10-5-3-2-4-6-10;/h2-6,12H,7-9H2,1H3,(H2,13,14,15);1H. The molecule has 2 amide bonds. The van der Waals surface area contributed by atoms with Crippen LogP contribution in [0.2, 0.25) is 0 Å². The molecule has 0 aromatic heterocycles. The second-order valence-electron chi connectivity index (χ2n) is 3.20. The lowest BCUT2D eigenvalue weighted by Gasteiger charge is -2.07. The molecule has 1 rings (SSSR count). The number of nitrogens with one attached hydrogen (secondary N) is 3. The van der Waals surface area contributed by atoms with Crippen molar-refractivity contribution in [3.05, 3.63) is 35.9 Å². The van der Waals surface area contributed by atoms with E-state index in [1.54, 1.807) is 0 Å². The van der Waals surface area contributed by atoms with E-state index in [1.165, 1.54) is 0 Å². The Bertz CT molecular complexity index is 293. The second kappa shape index (κ2) is 9.00. The molecule has 90 valence electrons. The van der Waals surface area contributed by atoms with E-state index in [0.29, 0.717) is 13.1 Å². The number of carbonyl (C=O) groups is 1. The summed E-state index contributed by atoms with van der Waals surface area (Å²) >= 11 is 0. The van der Waals surface area contributed by atoms with Crippen LogP contribution in [0.5, 0.6) is 0 Å². The molecule has 0 radical (unpaired) electrons. The molecule has 0 spiro atoms. The van der Waals surface area contributed by atoms with Crippen molar-refractivity contribution >= 4 is 18.4 Å². The Kier molecular flexibility index (Phi) is 8.29. The van der Waals surface area contributed by atoms with Gasteiger partial charge in [0.25, 0.3) is 0 Å². The third-order valence-electron chi connectivity index (χ3n) is 1.96. The topological polar surface area (TPSA) is 53.2 Å². The lowest BCUT2D eigenvalue weighted by molar-refractivity contribution is 0.240. The second-order valence-corrected chi connectivity index (χ2v) is 3.20. The van der Waals surface area contributed by atoms with Gasteiger partial charge in [-0.15, -0.1) is 12.4 Å². The van der Waals surface area contributed by atoms with E-state index in [4.69, 9.17) is 0 Å². The first-order valence-electron chi connectivity index (χ1n) is 5.03. The summed E-state index contributed by atoms with van der Waals surface area (Å²) in [6, 6.07) is 9.69. The van der Waals surface area contributed by atoms with Gasteiger partial charge in [0.1, 0.15) is 0 Å². The molecule has 0 aliphatic heterocycles. The Morgan fingerprint density at radius 1 is 1.12 bits per heavy atom. The summed E-state index contributed by atoms with van der Waals surface area (Å²) < 4.78 is 0. The zero-order chi connectivity index (χ0) is 10.9. The van der Waals surface area contributed by atoms with Crippen molar-refractivity contribution in [2.24, 2.45) is 0 Å². The summed E-state index contributed by atoms with van der Waals surface area (Å²) in [5.74, 6) is 0. The van der Waals surface area contributed by atoms with Gasteiger partial charge in [-0.05, 0) is 12.6 Å². The van der Waals surface area contributed by atoms with Crippen molar-refractivity contribution < 1.29 is 4.79 Å². The Morgan fingerprint density at radius 3 is 2.44 bits per heavy atom. The van der Waals surface area contributed by atoms with Crippen LogP contribution >= 0.6 is 12.4 Å². The highest BCUT2D eigenvalue weighted by Gasteiger charge is 1.97. The minimum Gasteiger partial charge on any atom is -0.337 e. The van der Waals surface area contributed by atoms with E-state index >= 15 is 0 Å². The summed E-state index contributed by atoms with van der Waals surface area (Å²) in [6.45, 7) is 1.97. The molecular weight excluding hydrogens is 226 g/mol. The number of benzene rings is 1. The molecule has 3 N–H and O–H groups in total. The van der Waals surface area contributed by atoms with Gasteiger partial charge in [-0.2, -0.15) is 0 Å². The first kappa shape index (κ1) is 14.7. The number of hydrogen-bond acceptors (Lipinski definition) is 2. The van der Waals surface area contributed by atoms with E-state index in [0.717, 1.165) is 12.1 Å². The molecule has 0 bridgehead atoms. The molecule has 0 atom stereocenters. The molecule has 5 heteroatoms. The van der Waals surface area contributed by atoms with Crippen LogP contribution < -0.4 is 16.0 Å². The predicted octanol–water partition coefficient (Wildman–Crippen LogP) is 1.13. The van der Waals surface area contributed by atoms with Crippen LogP contribution in [0.3, 0.4) is 0 Å². The highest BCUT2D eigenvalue weighted by molar-refractivity contribution is 5.85. The molecule has 16 heavy (non-hydrogen) atoms. The van der Waals surface area contributed by atoms with Gasteiger partial charge in [0.05, 0.1) is 0 Å². The fraction of sp³-hybridized carbons (Fsp3) is 0.364. The number of halogens is 1. The average Bonchev–Trinajstić information content (AvgIpc) is 2.28. The number of carbonyl (C=O) groups excluding carboxylic acids is 1. The first-order chi connectivity index (χ1) is 7.33. The van der Waals surface area contributed by atoms with Gasteiger partial charge in [-0.25, -0.2) is 4.79 Å². The van der Waals surface area contributed by atoms with E-state index < -0.39 is 0 Å². The van der Waals surface area contributed by atoms with Gasteiger partial charge in [-0.1, -0.05) is 30.3 Å². The van der Waals surface area contributed by atoms with Crippen LogP contribution in [0.4, 0.5) is 4.79 Å². The lowest BCUT2D eigenvalue weighted by atomic mass is 10.2. The monoisotopic (exact) mass is 243 g/mol. The fourth-order valence-corrected chi connectivity index (χ4v) is 1.14. The van der Waals surface area contributed by atoms with Gasteiger partial charge < -0.3 is 16.0 Å². The summed E-state index contributed by atoms with van der Waals surface area (Å²) in [5.41, 5.74) is 1.10. The van der Waals surface area contributed by atoms with Crippen LogP contribution in [-0.4, -0.2) is 26.2 Å². The van der Waals surface area contributed by atoms with Crippen molar-refractivity contribution in [1.82, 2.24) is 16.0 Å². The van der Waals surface area contributed by atoms with Crippen molar-refractivity contribution in [2.45, 2.75) is 6.54 Å². The van der Waals surface area contributed by atoms with Crippen LogP contribution in [0.1, 0.15) is 5.56 Å². The molecule has 1 aromatic rings. The Labute approximate surface area is 102 Å². The smallest absolute Gasteiger partial charge is 0.315 e. The lowest BCUT2D eigenvalue weighted by Crippen LogP contribution is -2.38. The molecule has 0 saturated heterocycles.